The molecule has 3 fully saturated rings. The number of ether oxygens (including phenoxy) is 1. The molecule has 6 heterocycles. The number of rotatable bonds is 12. The largest absolute Gasteiger partial charge is 0.445 e. The lowest BCUT2D eigenvalue weighted by Crippen LogP contribution is -2.50. The van der Waals surface area contributed by atoms with E-state index >= 15 is 0 Å². The Bertz CT molecular complexity index is 2940. The summed E-state index contributed by atoms with van der Waals surface area (Å²) in [6, 6.07) is 34.7. The van der Waals surface area contributed by atoms with E-state index in [1.807, 2.05) is 83.9 Å². The van der Waals surface area contributed by atoms with Crippen molar-refractivity contribution in [2.24, 2.45) is 10.9 Å². The monoisotopic (exact) mass is 919 g/mol. The molecule has 4 amide bonds. The number of nitrogens with one attached hydrogen (secondary N) is 2. The lowest BCUT2D eigenvalue weighted by atomic mass is 9.71. The van der Waals surface area contributed by atoms with E-state index in [-0.39, 0.29) is 49.4 Å². The lowest BCUT2D eigenvalue weighted by molar-refractivity contribution is -0.139. The van der Waals surface area contributed by atoms with Crippen LogP contribution >= 0.6 is 0 Å². The summed E-state index contributed by atoms with van der Waals surface area (Å²) in [7, 11) is 0. The number of pyridine rings is 1. The van der Waals surface area contributed by atoms with Crippen molar-refractivity contribution in [2.45, 2.75) is 88.7 Å². The van der Waals surface area contributed by atoms with Crippen molar-refractivity contribution in [3.8, 4) is 22.4 Å². The summed E-state index contributed by atoms with van der Waals surface area (Å²) >= 11 is 0. The fourth-order valence-corrected chi connectivity index (χ4v) is 10.8. The van der Waals surface area contributed by atoms with Crippen LogP contribution in [0.1, 0.15) is 84.0 Å². The Hall–Kier alpha value is -7.67. The third kappa shape index (κ3) is 8.51. The van der Waals surface area contributed by atoms with Crippen molar-refractivity contribution in [1.82, 2.24) is 30.3 Å². The molecule has 1 aromatic heterocycles. The first-order valence-corrected chi connectivity index (χ1v) is 24.0. The van der Waals surface area contributed by atoms with Crippen LogP contribution in [0.25, 0.3) is 28.5 Å². The highest BCUT2D eigenvalue weighted by atomic mass is 16.5. The van der Waals surface area contributed by atoms with Crippen LogP contribution in [-0.2, 0) is 55.6 Å². The van der Waals surface area contributed by atoms with Crippen molar-refractivity contribution in [2.75, 3.05) is 13.1 Å². The summed E-state index contributed by atoms with van der Waals surface area (Å²) < 4.78 is 5.75. The highest BCUT2D eigenvalue weighted by molar-refractivity contribution is 6.08. The molecular formula is C56H53N7O6. The van der Waals surface area contributed by atoms with Gasteiger partial charge in [-0.2, -0.15) is 0 Å². The summed E-state index contributed by atoms with van der Waals surface area (Å²) in [6.07, 6.45) is 7.73. The smallest absolute Gasteiger partial charge is 0.408 e. The van der Waals surface area contributed by atoms with E-state index < -0.39 is 29.6 Å². The molecule has 0 unspecified atom stereocenters. The second kappa shape index (κ2) is 18.1. The average molecular weight is 920 g/mol. The molecule has 6 aliphatic rings. The maximum Gasteiger partial charge on any atom is 0.408 e. The van der Waals surface area contributed by atoms with Gasteiger partial charge in [0.25, 0.3) is 0 Å². The molecule has 348 valence electrons. The number of aliphatic imine (C=N–C) groups is 1. The predicted molar refractivity (Wildman–Crippen MR) is 261 cm³/mol. The molecule has 0 bridgehead atoms. The van der Waals surface area contributed by atoms with E-state index in [0.717, 1.165) is 92.3 Å². The van der Waals surface area contributed by atoms with E-state index in [9.17, 15) is 24.0 Å². The second-order valence-electron chi connectivity index (χ2n) is 19.2. The zero-order valence-corrected chi connectivity index (χ0v) is 38.4. The molecule has 1 saturated carbocycles. The SMILES string of the molecule is C=C1CN=C2c3cc(-c4ccccc4)c(-c4ccc(C5(NC(=O)OCc6ccc(CC(=O)[C@@H]7CCCN7C(=O)[C@@H]7C[C@@H](CC(=O)N8Cc9ccccc9C8)C(=O)N7)cc6)CCC5)cc4)nc3C=CN12. The quantitative estimate of drug-likeness (QED) is 0.129. The highest BCUT2D eigenvalue weighted by Crippen LogP contribution is 2.43. The first kappa shape index (κ1) is 43.9. The van der Waals surface area contributed by atoms with Crippen molar-refractivity contribution in [3.05, 3.63) is 167 Å². The number of carbonyl (C=O) groups is 5. The van der Waals surface area contributed by atoms with E-state index in [4.69, 9.17) is 14.7 Å². The minimum atomic E-state index is -0.762. The molecule has 4 aromatic carbocycles. The number of fused-ring (bicyclic) bond motifs is 4. The van der Waals surface area contributed by atoms with Gasteiger partial charge in [-0.1, -0.05) is 110 Å². The van der Waals surface area contributed by atoms with Gasteiger partial charge in [0.2, 0.25) is 17.7 Å². The van der Waals surface area contributed by atoms with Crippen LogP contribution in [0.2, 0.25) is 0 Å². The summed E-state index contributed by atoms with van der Waals surface area (Å²) in [5.41, 5.74) is 10.9. The summed E-state index contributed by atoms with van der Waals surface area (Å²) in [5.74, 6) is -0.456. The Labute approximate surface area is 401 Å². The number of carbonyl (C=O) groups excluding carboxylic acids is 5. The molecule has 13 heteroatoms. The Morgan fingerprint density at radius 1 is 0.841 bits per heavy atom. The molecule has 1 aliphatic carbocycles. The molecule has 0 radical (unpaired) electrons. The van der Waals surface area contributed by atoms with Crippen LogP contribution < -0.4 is 10.6 Å². The van der Waals surface area contributed by atoms with Crippen LogP contribution in [0.15, 0.2) is 133 Å². The minimum absolute atomic E-state index is 0.0480. The first-order valence-electron chi connectivity index (χ1n) is 24.0. The van der Waals surface area contributed by atoms with Crippen molar-refractivity contribution in [1.29, 1.82) is 0 Å². The molecular weight excluding hydrogens is 867 g/mol. The van der Waals surface area contributed by atoms with Crippen LogP contribution in [0, 0.1) is 5.92 Å². The molecule has 2 saturated heterocycles. The predicted octanol–water partition coefficient (Wildman–Crippen LogP) is 7.82. The number of hydrogen-bond donors (Lipinski definition) is 2. The molecule has 11 rings (SSSR count). The molecule has 0 spiro atoms. The Balaban J connectivity index is 0.682. The lowest BCUT2D eigenvalue weighted by Gasteiger charge is -2.42. The first-order chi connectivity index (χ1) is 33.6. The van der Waals surface area contributed by atoms with Gasteiger partial charge in [0.15, 0.2) is 5.78 Å². The molecule has 5 aliphatic heterocycles. The minimum Gasteiger partial charge on any atom is -0.445 e. The maximum atomic E-state index is 13.8. The average Bonchev–Trinajstić information content (AvgIpc) is 4.19. The van der Waals surface area contributed by atoms with E-state index in [0.29, 0.717) is 39.0 Å². The van der Waals surface area contributed by atoms with Crippen molar-refractivity contribution < 1.29 is 28.7 Å². The fourth-order valence-electron chi connectivity index (χ4n) is 10.8. The molecule has 2 N–H and O–H groups in total. The van der Waals surface area contributed by atoms with Crippen molar-refractivity contribution >= 4 is 41.5 Å². The van der Waals surface area contributed by atoms with Gasteiger partial charge < -0.3 is 30.1 Å². The third-order valence-electron chi connectivity index (χ3n) is 14.8. The molecule has 13 nitrogen and oxygen atoms in total. The summed E-state index contributed by atoms with van der Waals surface area (Å²) in [6.45, 7) is 6.27. The normalized spacial score (nSPS) is 20.7. The standard InChI is InChI=1S/C56H53N7O6/c1-35-31-57-52-45-30-44(38-9-3-2-4-10-38)51(58-46(45)22-26-62(35)52)39-18-20-43(21-19-39)56(23-8-24-56)60-55(68)69-34-37-16-14-36(15-17-37)27-49(64)48-13-7-25-63(48)54(67)47-28-42(53(66)59-47)29-50(65)61-32-40-11-5-6-12-41(40)33-61/h2-6,9-12,14-22,26,30,42,47-48H,1,7-8,13,23-25,27-29,31-34H2,(H,59,66)(H,60,68)/t42-,47-,48-/m0/s1. The summed E-state index contributed by atoms with van der Waals surface area (Å²) in [5, 5.41) is 6.00. The Morgan fingerprint density at radius 2 is 1.57 bits per heavy atom. The summed E-state index contributed by atoms with van der Waals surface area (Å²) in [4.78, 5) is 82.3. The molecule has 3 atom stereocenters. The van der Waals surface area contributed by atoms with E-state index in [1.165, 1.54) is 0 Å². The zero-order chi connectivity index (χ0) is 47.2. The number of likely N-dealkylation sites (tertiary alicyclic amines) is 1. The van der Waals surface area contributed by atoms with Gasteiger partial charge in [-0.15, -0.1) is 0 Å². The maximum absolute atomic E-state index is 13.8. The van der Waals surface area contributed by atoms with Crippen molar-refractivity contribution in [3.63, 3.8) is 0 Å². The topological polar surface area (TPSA) is 154 Å². The number of aromatic nitrogens is 1. The molecule has 5 aromatic rings. The van der Waals surface area contributed by atoms with Gasteiger partial charge in [0, 0.05) is 67.0 Å². The van der Waals surface area contributed by atoms with Gasteiger partial charge in [-0.25, -0.2) is 9.78 Å². The van der Waals surface area contributed by atoms with E-state index in [2.05, 4.69) is 59.7 Å². The highest BCUT2D eigenvalue weighted by Gasteiger charge is 2.44. The van der Waals surface area contributed by atoms with Gasteiger partial charge in [0.05, 0.1) is 29.5 Å². The number of amides is 4. The number of benzene rings is 4. The van der Waals surface area contributed by atoms with Gasteiger partial charge >= 0.3 is 6.09 Å². The van der Waals surface area contributed by atoms with Crippen LogP contribution in [0.5, 0.6) is 0 Å². The Morgan fingerprint density at radius 3 is 2.29 bits per heavy atom. The number of nitrogens with zero attached hydrogens (tertiary/aromatic N) is 5. The van der Waals surface area contributed by atoms with Crippen LogP contribution in [0.4, 0.5) is 4.79 Å². The number of alkyl carbamates (subject to hydrolysis) is 1. The second-order valence-corrected chi connectivity index (χ2v) is 19.2. The van der Waals surface area contributed by atoms with Gasteiger partial charge in [0.1, 0.15) is 18.5 Å². The number of ketones is 1. The van der Waals surface area contributed by atoms with Gasteiger partial charge in [-0.3, -0.25) is 24.2 Å². The Kier molecular flexibility index (Phi) is 11.5. The third-order valence-corrected chi connectivity index (χ3v) is 14.8. The number of hydrogen-bond acceptors (Lipinski definition) is 9. The van der Waals surface area contributed by atoms with Crippen LogP contribution in [-0.4, -0.2) is 80.3 Å². The molecule has 69 heavy (non-hydrogen) atoms. The fraction of sp³-hybridized carbons (Fsp3) is 0.304. The number of amidine groups is 1. The number of Topliss-reactive ketones (excluding diaryl/α,β-unsaturated/α-hetero) is 1. The zero-order valence-electron chi connectivity index (χ0n) is 38.4. The van der Waals surface area contributed by atoms with Gasteiger partial charge in [-0.05, 0) is 84.0 Å². The van der Waals surface area contributed by atoms with Crippen LogP contribution in [0.3, 0.4) is 0 Å². The van der Waals surface area contributed by atoms with E-state index in [1.54, 1.807) is 9.80 Å².